The molecule has 0 unspecified atom stereocenters. The zero-order chi connectivity index (χ0) is 19.6. The van der Waals surface area contributed by atoms with Crippen LogP contribution in [0.25, 0.3) is 22.3 Å². The highest BCUT2D eigenvalue weighted by Gasteiger charge is 2.23. The maximum atomic E-state index is 12.3. The second-order valence-electron chi connectivity index (χ2n) is 7.34. The first-order valence-electron chi connectivity index (χ1n) is 9.79. The van der Waals surface area contributed by atoms with Gasteiger partial charge in [-0.25, -0.2) is 14.6 Å². The quantitative estimate of drug-likeness (QED) is 0.578. The fourth-order valence-electron chi connectivity index (χ4n) is 3.94. The van der Waals surface area contributed by atoms with Crippen molar-refractivity contribution in [2.24, 2.45) is 5.92 Å². The molecule has 0 aliphatic carbocycles. The number of aromatic nitrogens is 6. The second-order valence-corrected chi connectivity index (χ2v) is 7.34. The number of hydrogen-bond donors (Lipinski definition) is 1. The van der Waals surface area contributed by atoms with Crippen LogP contribution in [0, 0.1) is 5.92 Å². The van der Waals surface area contributed by atoms with Crippen LogP contribution in [0.15, 0.2) is 60.0 Å². The van der Waals surface area contributed by atoms with E-state index in [4.69, 9.17) is 0 Å². The van der Waals surface area contributed by atoms with E-state index in [-0.39, 0.29) is 5.56 Å². The highest BCUT2D eigenvalue weighted by molar-refractivity contribution is 5.87. The summed E-state index contributed by atoms with van der Waals surface area (Å²) in [4.78, 5) is 30.6. The summed E-state index contributed by atoms with van der Waals surface area (Å²) in [5, 5.41) is 5.64. The van der Waals surface area contributed by atoms with E-state index < -0.39 is 0 Å². The Morgan fingerprint density at radius 2 is 1.86 bits per heavy atom. The molecule has 1 fully saturated rings. The van der Waals surface area contributed by atoms with Crippen LogP contribution in [0.3, 0.4) is 0 Å². The third-order valence-corrected chi connectivity index (χ3v) is 5.52. The number of rotatable bonds is 4. The molecule has 8 nitrogen and oxygen atoms in total. The molecule has 1 N–H and O–H groups in total. The number of nitrogens with zero attached hydrogens (tertiary/aromatic N) is 6. The van der Waals surface area contributed by atoms with Crippen molar-refractivity contribution in [2.75, 3.05) is 18.0 Å². The largest absolute Gasteiger partial charge is 0.356 e. The Bertz CT molecular complexity index is 1180. The van der Waals surface area contributed by atoms with E-state index in [1.807, 2.05) is 24.4 Å². The molecule has 4 aromatic rings. The van der Waals surface area contributed by atoms with E-state index in [1.165, 1.54) is 0 Å². The van der Waals surface area contributed by atoms with Crippen molar-refractivity contribution in [2.45, 2.75) is 19.4 Å². The molecular weight excluding hydrogens is 366 g/mol. The molecule has 4 aromatic heterocycles. The highest BCUT2D eigenvalue weighted by Crippen LogP contribution is 2.27. The van der Waals surface area contributed by atoms with Gasteiger partial charge in [0.05, 0.1) is 11.1 Å². The van der Waals surface area contributed by atoms with Crippen molar-refractivity contribution in [3.8, 4) is 11.3 Å². The summed E-state index contributed by atoms with van der Waals surface area (Å²) < 4.78 is 1.60. The number of H-pyrrole nitrogens is 1. The van der Waals surface area contributed by atoms with Gasteiger partial charge in [-0.2, -0.15) is 5.10 Å². The van der Waals surface area contributed by atoms with E-state index >= 15 is 0 Å². The van der Waals surface area contributed by atoms with Crippen molar-refractivity contribution >= 4 is 16.9 Å². The minimum Gasteiger partial charge on any atom is -0.356 e. The number of anilines is 1. The number of hydrogen-bond acceptors (Lipinski definition) is 6. The van der Waals surface area contributed by atoms with Crippen molar-refractivity contribution in [1.82, 2.24) is 29.7 Å². The summed E-state index contributed by atoms with van der Waals surface area (Å²) in [6.07, 6.45) is 8.94. The lowest BCUT2D eigenvalue weighted by molar-refractivity contribution is 0.335. The molecule has 0 amide bonds. The van der Waals surface area contributed by atoms with Crippen LogP contribution in [0.5, 0.6) is 0 Å². The lowest BCUT2D eigenvalue weighted by atomic mass is 9.96. The average molecular weight is 387 g/mol. The minimum absolute atomic E-state index is 0.0601. The summed E-state index contributed by atoms with van der Waals surface area (Å²) in [6, 6.07) is 9.19. The zero-order valence-corrected chi connectivity index (χ0v) is 15.9. The summed E-state index contributed by atoms with van der Waals surface area (Å²) >= 11 is 0. The van der Waals surface area contributed by atoms with Gasteiger partial charge >= 0.3 is 0 Å². The zero-order valence-electron chi connectivity index (χ0n) is 15.9. The number of aromatic amines is 1. The molecular formula is C21H21N7O. The lowest BCUT2D eigenvalue weighted by Gasteiger charge is -2.33. The van der Waals surface area contributed by atoms with Crippen molar-refractivity contribution in [1.29, 1.82) is 0 Å². The summed E-state index contributed by atoms with van der Waals surface area (Å²) in [5.74, 6) is 1.39. The van der Waals surface area contributed by atoms with E-state index in [1.54, 1.807) is 35.5 Å². The molecule has 0 atom stereocenters. The number of piperidine rings is 1. The predicted octanol–water partition coefficient (Wildman–Crippen LogP) is 2.49. The summed E-state index contributed by atoms with van der Waals surface area (Å²) in [6.45, 7) is 2.44. The van der Waals surface area contributed by atoms with Gasteiger partial charge in [0, 0.05) is 49.9 Å². The normalized spacial score (nSPS) is 15.1. The fourth-order valence-corrected chi connectivity index (χ4v) is 3.94. The van der Waals surface area contributed by atoms with E-state index in [0.717, 1.165) is 54.0 Å². The maximum absolute atomic E-state index is 12.3. The third-order valence-electron chi connectivity index (χ3n) is 5.52. The number of nitrogens with one attached hydrogen (secondary N) is 1. The first-order chi connectivity index (χ1) is 14.3. The topological polar surface area (TPSA) is 92.6 Å². The van der Waals surface area contributed by atoms with E-state index in [2.05, 4.69) is 29.9 Å². The van der Waals surface area contributed by atoms with Crippen LogP contribution in [0.2, 0.25) is 0 Å². The van der Waals surface area contributed by atoms with Gasteiger partial charge in [-0.05, 0) is 43.0 Å². The van der Waals surface area contributed by atoms with Gasteiger partial charge in [0.25, 0.3) is 5.56 Å². The van der Waals surface area contributed by atoms with Gasteiger partial charge in [0.2, 0.25) is 0 Å². The van der Waals surface area contributed by atoms with Crippen LogP contribution in [-0.4, -0.2) is 42.8 Å². The first kappa shape index (κ1) is 17.5. The van der Waals surface area contributed by atoms with Gasteiger partial charge in [-0.15, -0.1) is 0 Å². The summed E-state index contributed by atoms with van der Waals surface area (Å²) in [5.41, 5.74) is 2.55. The molecule has 0 radical (unpaired) electrons. The van der Waals surface area contributed by atoms with Crippen LogP contribution in [-0.2, 0) is 6.54 Å². The predicted molar refractivity (Wildman–Crippen MR) is 111 cm³/mol. The maximum Gasteiger partial charge on any atom is 0.266 e. The standard InChI is InChI=1S/C21H21N7O/c29-19-2-1-18(16-3-8-22-9-4-16)26-28(19)13-15-6-11-27(12-7-15)21-17-5-10-23-20(17)24-14-25-21/h1-5,8-10,14-15H,6-7,11-13H2,(H,23,24,25). The van der Waals surface area contributed by atoms with Crippen molar-refractivity contribution in [3.05, 3.63) is 65.6 Å². The molecule has 146 valence electrons. The first-order valence-corrected chi connectivity index (χ1v) is 9.79. The molecule has 5 rings (SSSR count). The van der Waals surface area contributed by atoms with Crippen LogP contribution in [0.1, 0.15) is 12.8 Å². The van der Waals surface area contributed by atoms with Crippen LogP contribution >= 0.6 is 0 Å². The SMILES string of the molecule is O=c1ccc(-c2ccncc2)nn1CC1CCN(c2ncnc3[nH]ccc23)CC1. The molecule has 29 heavy (non-hydrogen) atoms. The highest BCUT2D eigenvalue weighted by atomic mass is 16.1. The molecule has 1 saturated heterocycles. The molecule has 0 aromatic carbocycles. The number of pyridine rings is 1. The Morgan fingerprint density at radius 1 is 1.03 bits per heavy atom. The summed E-state index contributed by atoms with van der Waals surface area (Å²) in [7, 11) is 0. The monoisotopic (exact) mass is 387 g/mol. The molecule has 0 spiro atoms. The van der Waals surface area contributed by atoms with E-state index in [9.17, 15) is 4.79 Å². The van der Waals surface area contributed by atoms with Gasteiger partial charge < -0.3 is 9.88 Å². The Morgan fingerprint density at radius 3 is 2.69 bits per heavy atom. The minimum atomic E-state index is -0.0601. The smallest absolute Gasteiger partial charge is 0.266 e. The Hall–Kier alpha value is -3.55. The van der Waals surface area contributed by atoms with E-state index in [0.29, 0.717) is 12.5 Å². The van der Waals surface area contributed by atoms with Gasteiger partial charge in [-0.1, -0.05) is 0 Å². The van der Waals surface area contributed by atoms with Crippen molar-refractivity contribution < 1.29 is 0 Å². The Labute approximate surface area is 167 Å². The second kappa shape index (κ2) is 7.46. The Kier molecular flexibility index (Phi) is 4.51. The molecule has 8 heteroatoms. The average Bonchev–Trinajstić information content (AvgIpc) is 3.26. The number of fused-ring (bicyclic) bond motifs is 1. The molecule has 1 aliphatic heterocycles. The van der Waals surface area contributed by atoms with Crippen LogP contribution < -0.4 is 10.5 Å². The molecule has 5 heterocycles. The van der Waals surface area contributed by atoms with Crippen molar-refractivity contribution in [3.63, 3.8) is 0 Å². The fraction of sp³-hybridized carbons (Fsp3) is 0.286. The molecule has 0 saturated carbocycles. The van der Waals surface area contributed by atoms with Gasteiger partial charge in [0.1, 0.15) is 17.8 Å². The van der Waals surface area contributed by atoms with Gasteiger partial charge in [0.15, 0.2) is 0 Å². The molecule has 1 aliphatic rings. The Balaban J connectivity index is 1.30. The third kappa shape index (κ3) is 3.49. The van der Waals surface area contributed by atoms with Gasteiger partial charge in [-0.3, -0.25) is 9.78 Å². The molecule has 0 bridgehead atoms. The lowest BCUT2D eigenvalue weighted by Crippen LogP contribution is -2.37. The van der Waals surface area contributed by atoms with Crippen LogP contribution in [0.4, 0.5) is 5.82 Å².